The highest BCUT2D eigenvalue weighted by atomic mass is 16.5. The van der Waals surface area contributed by atoms with Gasteiger partial charge in [-0.2, -0.15) is 0 Å². The molecule has 2 aromatic rings. The van der Waals surface area contributed by atoms with E-state index < -0.39 is 0 Å². The van der Waals surface area contributed by atoms with Gasteiger partial charge in [-0.25, -0.2) is 4.98 Å². The Bertz CT molecular complexity index is 504. The molecule has 18 heavy (non-hydrogen) atoms. The van der Waals surface area contributed by atoms with E-state index in [1.807, 2.05) is 0 Å². The van der Waals surface area contributed by atoms with Crippen LogP contribution in [0.2, 0.25) is 0 Å². The first-order chi connectivity index (χ1) is 8.70. The number of carbonyl (C=O) groups excluding carboxylic acids is 1. The minimum Gasteiger partial charge on any atom is -0.508 e. The number of phenolic OH excluding ortho intramolecular Hbond substituents is 1. The van der Waals surface area contributed by atoms with E-state index in [4.69, 9.17) is 4.42 Å². The van der Waals surface area contributed by atoms with Crippen LogP contribution in [0.15, 0.2) is 41.1 Å². The van der Waals surface area contributed by atoms with E-state index >= 15 is 0 Å². The molecular weight excluding hydrogens is 234 g/mol. The van der Waals surface area contributed by atoms with Crippen molar-refractivity contribution in [2.45, 2.75) is 12.3 Å². The number of oxazole rings is 1. The molecule has 0 amide bonds. The molecule has 0 aliphatic rings. The Morgan fingerprint density at radius 1 is 1.44 bits per heavy atom. The first-order valence-electron chi connectivity index (χ1n) is 5.46. The summed E-state index contributed by atoms with van der Waals surface area (Å²) in [7, 11) is 1.34. The molecule has 94 valence electrons. The fraction of sp³-hybridized carbons (Fsp3) is 0.231. The molecule has 5 nitrogen and oxygen atoms in total. The molecule has 0 fully saturated rings. The first kappa shape index (κ1) is 12.2. The third-order valence-electron chi connectivity index (χ3n) is 2.64. The van der Waals surface area contributed by atoms with Gasteiger partial charge in [0.1, 0.15) is 12.0 Å². The number of rotatable bonds is 4. The van der Waals surface area contributed by atoms with E-state index in [1.165, 1.54) is 19.6 Å². The van der Waals surface area contributed by atoms with E-state index in [2.05, 4.69) is 9.72 Å². The van der Waals surface area contributed by atoms with Crippen LogP contribution >= 0.6 is 0 Å². The molecule has 0 radical (unpaired) electrons. The van der Waals surface area contributed by atoms with Crippen LogP contribution < -0.4 is 0 Å². The molecule has 1 N–H and O–H groups in total. The van der Waals surface area contributed by atoms with Crippen LogP contribution in [-0.4, -0.2) is 23.2 Å². The van der Waals surface area contributed by atoms with Crippen LogP contribution in [-0.2, 0) is 9.53 Å². The predicted octanol–water partition coefficient (Wildman–Crippen LogP) is 2.08. The summed E-state index contributed by atoms with van der Waals surface area (Å²) in [5.74, 6) is -0.0339. The van der Waals surface area contributed by atoms with E-state index in [1.54, 1.807) is 24.3 Å². The maximum absolute atomic E-state index is 11.4. The third-order valence-corrected chi connectivity index (χ3v) is 2.64. The number of carbonyl (C=O) groups is 1. The van der Waals surface area contributed by atoms with E-state index in [0.29, 0.717) is 5.89 Å². The highest BCUT2D eigenvalue weighted by Crippen LogP contribution is 2.28. The summed E-state index contributed by atoms with van der Waals surface area (Å²) in [6.07, 6.45) is 3.13. The van der Waals surface area contributed by atoms with Gasteiger partial charge >= 0.3 is 5.97 Å². The molecule has 1 heterocycles. The van der Waals surface area contributed by atoms with Crippen molar-refractivity contribution in [3.05, 3.63) is 48.2 Å². The van der Waals surface area contributed by atoms with Crippen LogP contribution in [0.5, 0.6) is 5.75 Å². The molecule has 0 spiro atoms. The van der Waals surface area contributed by atoms with Gasteiger partial charge < -0.3 is 14.3 Å². The van der Waals surface area contributed by atoms with Crippen LogP contribution in [0.3, 0.4) is 0 Å². The van der Waals surface area contributed by atoms with E-state index in [0.717, 1.165) is 5.56 Å². The molecule has 0 saturated carbocycles. The minimum absolute atomic E-state index is 0.141. The monoisotopic (exact) mass is 247 g/mol. The van der Waals surface area contributed by atoms with Gasteiger partial charge in [-0.15, -0.1) is 0 Å². The number of aromatic nitrogens is 1. The normalized spacial score (nSPS) is 12.1. The highest BCUT2D eigenvalue weighted by molar-refractivity contribution is 5.71. The Morgan fingerprint density at radius 3 is 2.72 bits per heavy atom. The highest BCUT2D eigenvalue weighted by Gasteiger charge is 2.22. The Morgan fingerprint density at radius 2 is 2.17 bits per heavy atom. The van der Waals surface area contributed by atoms with Crippen molar-refractivity contribution in [2.24, 2.45) is 0 Å². The zero-order valence-electron chi connectivity index (χ0n) is 9.87. The lowest BCUT2D eigenvalue weighted by molar-refractivity contribution is -0.140. The average molecular weight is 247 g/mol. The van der Waals surface area contributed by atoms with E-state index in [9.17, 15) is 9.90 Å². The van der Waals surface area contributed by atoms with Gasteiger partial charge in [0.15, 0.2) is 0 Å². The Kier molecular flexibility index (Phi) is 3.62. The first-order valence-corrected chi connectivity index (χ1v) is 5.46. The molecule has 0 bridgehead atoms. The Labute approximate surface area is 104 Å². The zero-order chi connectivity index (χ0) is 13.0. The molecular formula is C13H13NO4. The van der Waals surface area contributed by atoms with Gasteiger partial charge in [0, 0.05) is 0 Å². The van der Waals surface area contributed by atoms with Gasteiger partial charge in [-0.3, -0.25) is 4.79 Å². The second-order valence-corrected chi connectivity index (χ2v) is 3.79. The van der Waals surface area contributed by atoms with Crippen molar-refractivity contribution in [1.29, 1.82) is 0 Å². The number of methoxy groups -OCH3 is 1. The Hall–Kier alpha value is -2.30. The second kappa shape index (κ2) is 5.35. The Balaban J connectivity index is 2.30. The smallest absolute Gasteiger partial charge is 0.306 e. The van der Waals surface area contributed by atoms with Crippen molar-refractivity contribution in [1.82, 2.24) is 4.98 Å². The second-order valence-electron chi connectivity index (χ2n) is 3.79. The molecule has 1 aromatic heterocycles. The summed E-state index contributed by atoms with van der Waals surface area (Å²) < 4.78 is 9.91. The number of phenols is 1. The van der Waals surface area contributed by atoms with Crippen LogP contribution in [0.1, 0.15) is 23.8 Å². The van der Waals surface area contributed by atoms with Crippen molar-refractivity contribution >= 4 is 5.97 Å². The molecule has 2 rings (SSSR count). The summed E-state index contributed by atoms with van der Waals surface area (Å²) in [6.45, 7) is 0. The number of esters is 1. The van der Waals surface area contributed by atoms with Gasteiger partial charge in [-0.1, -0.05) is 12.1 Å². The average Bonchev–Trinajstić information content (AvgIpc) is 2.90. The fourth-order valence-corrected chi connectivity index (χ4v) is 1.71. The molecule has 1 aromatic carbocycles. The van der Waals surface area contributed by atoms with Crippen LogP contribution in [0.4, 0.5) is 0 Å². The maximum Gasteiger partial charge on any atom is 0.306 e. The summed E-state index contributed by atoms with van der Waals surface area (Å²) in [5.41, 5.74) is 0.834. The van der Waals surface area contributed by atoms with Crippen LogP contribution in [0, 0.1) is 0 Å². The quantitative estimate of drug-likeness (QED) is 0.837. The van der Waals surface area contributed by atoms with Crippen molar-refractivity contribution in [2.75, 3.05) is 7.11 Å². The minimum atomic E-state index is -0.341. The number of hydrogen-bond donors (Lipinski definition) is 1. The lowest BCUT2D eigenvalue weighted by atomic mass is 9.95. The lowest BCUT2D eigenvalue weighted by Crippen LogP contribution is -2.10. The number of aromatic hydroxyl groups is 1. The maximum atomic E-state index is 11.4. The molecule has 5 heteroatoms. The summed E-state index contributed by atoms with van der Waals surface area (Å²) in [5, 5.41) is 9.27. The summed E-state index contributed by atoms with van der Waals surface area (Å²) >= 11 is 0. The molecule has 0 aliphatic heterocycles. The molecule has 0 aliphatic carbocycles. The number of ether oxygens (including phenoxy) is 1. The van der Waals surface area contributed by atoms with Crippen molar-refractivity contribution in [3.63, 3.8) is 0 Å². The summed E-state index contributed by atoms with van der Waals surface area (Å²) in [4.78, 5) is 15.5. The van der Waals surface area contributed by atoms with Gasteiger partial charge in [0.25, 0.3) is 0 Å². The van der Waals surface area contributed by atoms with Crippen molar-refractivity contribution < 1.29 is 19.1 Å². The molecule has 0 saturated heterocycles. The lowest BCUT2D eigenvalue weighted by Gasteiger charge is -2.12. The molecule has 1 atom stereocenters. The number of benzene rings is 1. The largest absolute Gasteiger partial charge is 0.508 e. The van der Waals surface area contributed by atoms with Crippen molar-refractivity contribution in [3.8, 4) is 5.75 Å². The fourth-order valence-electron chi connectivity index (χ4n) is 1.71. The topological polar surface area (TPSA) is 72.6 Å². The zero-order valence-corrected chi connectivity index (χ0v) is 9.87. The third kappa shape index (κ3) is 2.68. The van der Waals surface area contributed by atoms with E-state index in [-0.39, 0.29) is 24.1 Å². The predicted molar refractivity (Wildman–Crippen MR) is 63.1 cm³/mol. The summed E-state index contributed by atoms with van der Waals surface area (Å²) in [6, 6.07) is 6.57. The van der Waals surface area contributed by atoms with Gasteiger partial charge in [0.2, 0.25) is 5.89 Å². The molecule has 0 unspecified atom stereocenters. The number of nitrogens with zero attached hydrogens (tertiary/aromatic N) is 1. The standard InChI is InChI=1S/C13H13NO4/c1-17-12(16)8-11(13-14-6-7-18-13)9-2-4-10(15)5-3-9/h2-7,11,15H,8H2,1H3/t11-/m1/s1. The van der Waals surface area contributed by atoms with Gasteiger partial charge in [-0.05, 0) is 17.7 Å². The number of hydrogen-bond acceptors (Lipinski definition) is 5. The van der Waals surface area contributed by atoms with Gasteiger partial charge in [0.05, 0.1) is 25.6 Å². The van der Waals surface area contributed by atoms with Crippen LogP contribution in [0.25, 0.3) is 0 Å². The SMILES string of the molecule is COC(=O)C[C@H](c1ccc(O)cc1)c1ncco1.